The maximum atomic E-state index is 10.9. The molecular formula is C14H11Cl2NO3. The van der Waals surface area contributed by atoms with Crippen molar-refractivity contribution in [2.45, 2.75) is 12.5 Å². The Hall–Kier alpha value is -1.62. The molecule has 0 radical (unpaired) electrons. The molecule has 0 aromatic heterocycles. The molecule has 0 spiro atoms. The lowest BCUT2D eigenvalue weighted by Gasteiger charge is -2.13. The van der Waals surface area contributed by atoms with Crippen molar-refractivity contribution < 1.29 is 10.0 Å². The topological polar surface area (TPSA) is 63.4 Å². The van der Waals surface area contributed by atoms with Gasteiger partial charge in [0.15, 0.2) is 0 Å². The molecule has 4 nitrogen and oxygen atoms in total. The minimum absolute atomic E-state index is 0.0234. The van der Waals surface area contributed by atoms with Crippen LogP contribution in [0.4, 0.5) is 5.69 Å². The zero-order valence-electron chi connectivity index (χ0n) is 10.3. The molecule has 1 N–H and O–H groups in total. The molecule has 1 unspecified atom stereocenters. The SMILES string of the molecule is O=[N+]([O-])c1ccccc1CC(O)c1cc(Cl)ccc1Cl. The van der Waals surface area contributed by atoms with Crippen LogP contribution in [0.3, 0.4) is 0 Å². The first kappa shape index (κ1) is 14.8. The van der Waals surface area contributed by atoms with Gasteiger partial charge < -0.3 is 5.11 Å². The zero-order chi connectivity index (χ0) is 14.7. The molecule has 0 heterocycles. The van der Waals surface area contributed by atoms with Gasteiger partial charge in [0.25, 0.3) is 5.69 Å². The molecule has 0 amide bonds. The van der Waals surface area contributed by atoms with Crippen molar-refractivity contribution in [3.8, 4) is 0 Å². The normalized spacial score (nSPS) is 12.2. The summed E-state index contributed by atoms with van der Waals surface area (Å²) < 4.78 is 0. The molecule has 104 valence electrons. The number of rotatable bonds is 4. The van der Waals surface area contributed by atoms with Crippen LogP contribution >= 0.6 is 23.2 Å². The van der Waals surface area contributed by atoms with Gasteiger partial charge in [-0.15, -0.1) is 0 Å². The molecule has 2 aromatic rings. The van der Waals surface area contributed by atoms with E-state index >= 15 is 0 Å². The van der Waals surface area contributed by atoms with E-state index in [9.17, 15) is 15.2 Å². The predicted molar refractivity (Wildman–Crippen MR) is 78.2 cm³/mol. The highest BCUT2D eigenvalue weighted by atomic mass is 35.5. The highest BCUT2D eigenvalue weighted by Gasteiger charge is 2.19. The average Bonchev–Trinajstić information content (AvgIpc) is 2.41. The predicted octanol–water partition coefficient (Wildman–Crippen LogP) is 4.18. The fourth-order valence-corrected chi connectivity index (χ4v) is 2.37. The number of aliphatic hydroxyl groups excluding tert-OH is 1. The van der Waals surface area contributed by atoms with E-state index in [0.717, 1.165) is 0 Å². The van der Waals surface area contributed by atoms with Crippen molar-refractivity contribution in [3.63, 3.8) is 0 Å². The van der Waals surface area contributed by atoms with Crippen molar-refractivity contribution in [2.75, 3.05) is 0 Å². The first-order valence-corrected chi connectivity index (χ1v) is 6.60. The highest BCUT2D eigenvalue weighted by molar-refractivity contribution is 6.33. The van der Waals surface area contributed by atoms with E-state index in [1.807, 2.05) is 0 Å². The lowest BCUT2D eigenvalue weighted by atomic mass is 10.0. The molecule has 2 aromatic carbocycles. The molecule has 0 fully saturated rings. The van der Waals surface area contributed by atoms with E-state index in [2.05, 4.69) is 0 Å². The van der Waals surface area contributed by atoms with Crippen LogP contribution in [0.1, 0.15) is 17.2 Å². The van der Waals surface area contributed by atoms with Crippen molar-refractivity contribution in [1.82, 2.24) is 0 Å². The monoisotopic (exact) mass is 311 g/mol. The second-order valence-corrected chi connectivity index (χ2v) is 5.12. The van der Waals surface area contributed by atoms with E-state index < -0.39 is 11.0 Å². The Morgan fingerprint density at radius 1 is 1.20 bits per heavy atom. The molecule has 20 heavy (non-hydrogen) atoms. The third-order valence-corrected chi connectivity index (χ3v) is 3.50. The van der Waals surface area contributed by atoms with Gasteiger partial charge in [-0.3, -0.25) is 10.1 Å². The average molecular weight is 312 g/mol. The van der Waals surface area contributed by atoms with Gasteiger partial charge in [-0.05, 0) is 18.2 Å². The Morgan fingerprint density at radius 2 is 1.90 bits per heavy atom. The number of halogens is 2. The van der Waals surface area contributed by atoms with E-state index in [-0.39, 0.29) is 12.1 Å². The van der Waals surface area contributed by atoms with Crippen LogP contribution in [0.5, 0.6) is 0 Å². The number of aliphatic hydroxyl groups is 1. The van der Waals surface area contributed by atoms with E-state index in [0.29, 0.717) is 21.2 Å². The highest BCUT2D eigenvalue weighted by Crippen LogP contribution is 2.30. The summed E-state index contributed by atoms with van der Waals surface area (Å²) in [7, 11) is 0. The quantitative estimate of drug-likeness (QED) is 0.680. The van der Waals surface area contributed by atoms with Crippen molar-refractivity contribution in [2.24, 2.45) is 0 Å². The van der Waals surface area contributed by atoms with Crippen LogP contribution in [-0.4, -0.2) is 10.0 Å². The Kier molecular flexibility index (Phi) is 4.60. The van der Waals surface area contributed by atoms with Crippen molar-refractivity contribution in [1.29, 1.82) is 0 Å². The van der Waals surface area contributed by atoms with Gasteiger partial charge in [-0.2, -0.15) is 0 Å². The summed E-state index contributed by atoms with van der Waals surface area (Å²) in [5.41, 5.74) is 0.878. The molecule has 2 rings (SSSR count). The van der Waals surface area contributed by atoms with Crippen molar-refractivity contribution in [3.05, 3.63) is 73.8 Å². The summed E-state index contributed by atoms with van der Waals surface area (Å²) in [6, 6.07) is 11.0. The summed E-state index contributed by atoms with van der Waals surface area (Å²) in [5.74, 6) is 0. The summed E-state index contributed by atoms with van der Waals surface area (Å²) in [6.45, 7) is 0. The number of para-hydroxylation sites is 1. The number of nitrogens with zero attached hydrogens (tertiary/aromatic N) is 1. The number of nitro groups is 1. The maximum Gasteiger partial charge on any atom is 0.272 e. The molecule has 0 saturated heterocycles. The maximum absolute atomic E-state index is 10.9. The van der Waals surface area contributed by atoms with Gasteiger partial charge in [-0.1, -0.05) is 41.4 Å². The summed E-state index contributed by atoms with van der Waals surface area (Å²) in [4.78, 5) is 10.5. The second kappa shape index (κ2) is 6.22. The molecule has 0 aliphatic carbocycles. The molecule has 1 atom stereocenters. The lowest BCUT2D eigenvalue weighted by molar-refractivity contribution is -0.385. The second-order valence-electron chi connectivity index (χ2n) is 4.27. The summed E-state index contributed by atoms with van der Waals surface area (Å²) in [6.07, 6.45) is -0.862. The fraction of sp³-hybridized carbons (Fsp3) is 0.143. The van der Waals surface area contributed by atoms with Gasteiger partial charge >= 0.3 is 0 Å². The third-order valence-electron chi connectivity index (χ3n) is 2.92. The van der Waals surface area contributed by atoms with E-state index in [4.69, 9.17) is 23.2 Å². The minimum Gasteiger partial charge on any atom is -0.388 e. The molecule has 0 bridgehead atoms. The molecular weight excluding hydrogens is 301 g/mol. The zero-order valence-corrected chi connectivity index (χ0v) is 11.8. The van der Waals surface area contributed by atoms with Crippen LogP contribution in [0.15, 0.2) is 42.5 Å². The van der Waals surface area contributed by atoms with Crippen LogP contribution in [0.25, 0.3) is 0 Å². The first-order valence-electron chi connectivity index (χ1n) is 5.84. The molecule has 6 heteroatoms. The van der Waals surface area contributed by atoms with Crippen molar-refractivity contribution >= 4 is 28.9 Å². The number of hydrogen-bond acceptors (Lipinski definition) is 3. The largest absolute Gasteiger partial charge is 0.388 e. The molecule has 0 aliphatic heterocycles. The summed E-state index contributed by atoms with van der Waals surface area (Å²) in [5, 5.41) is 22.0. The Morgan fingerprint density at radius 3 is 2.60 bits per heavy atom. The Labute approximate surface area is 125 Å². The minimum atomic E-state index is -0.956. The lowest BCUT2D eigenvalue weighted by Crippen LogP contribution is -2.05. The number of hydrogen-bond donors (Lipinski definition) is 1. The van der Waals surface area contributed by atoms with E-state index in [1.54, 1.807) is 36.4 Å². The van der Waals surface area contributed by atoms with Gasteiger partial charge in [0.1, 0.15) is 0 Å². The smallest absolute Gasteiger partial charge is 0.272 e. The fourth-order valence-electron chi connectivity index (χ4n) is 1.95. The number of benzene rings is 2. The van der Waals surface area contributed by atoms with Crippen LogP contribution in [0, 0.1) is 10.1 Å². The number of nitro benzene ring substituents is 1. The van der Waals surface area contributed by atoms with Gasteiger partial charge in [0, 0.05) is 33.7 Å². The van der Waals surface area contributed by atoms with Crippen LogP contribution < -0.4 is 0 Å². The van der Waals surface area contributed by atoms with E-state index in [1.165, 1.54) is 6.07 Å². The van der Waals surface area contributed by atoms with Crippen LogP contribution in [-0.2, 0) is 6.42 Å². The van der Waals surface area contributed by atoms with Gasteiger partial charge in [-0.25, -0.2) is 0 Å². The molecule has 0 aliphatic rings. The third kappa shape index (κ3) is 3.28. The van der Waals surface area contributed by atoms with Gasteiger partial charge in [0.2, 0.25) is 0 Å². The standard InChI is InChI=1S/C14H11Cl2NO3/c15-10-5-6-12(16)11(8-10)14(18)7-9-3-1-2-4-13(9)17(19)20/h1-6,8,14,18H,7H2. The van der Waals surface area contributed by atoms with Crippen LogP contribution in [0.2, 0.25) is 10.0 Å². The summed E-state index contributed by atoms with van der Waals surface area (Å²) >= 11 is 11.9. The Balaban J connectivity index is 2.30. The Bertz CT molecular complexity index is 646. The first-order chi connectivity index (χ1) is 9.49. The van der Waals surface area contributed by atoms with Gasteiger partial charge in [0.05, 0.1) is 11.0 Å². The molecule has 0 saturated carbocycles.